The average molecular weight is 318 g/mol. The molecule has 0 spiro atoms. The Balaban J connectivity index is 2.05. The fraction of sp³-hybridized carbons (Fsp3) is 0.462. The van der Waals surface area contributed by atoms with E-state index in [2.05, 4.69) is 4.98 Å². The van der Waals surface area contributed by atoms with Crippen LogP contribution in [0.4, 0.5) is 18.9 Å². The molecule has 2 heterocycles. The molecule has 0 radical (unpaired) electrons. The maximum Gasteiger partial charge on any atom is 0.433 e. The summed E-state index contributed by atoms with van der Waals surface area (Å²) < 4.78 is 37.3. The zero-order chi connectivity index (χ0) is 15.6. The standard InChI is InChI=1S/C13H13F3N2O2S/c1-8(19)21-7-9-4-12(20)18(6-9)10-2-3-11(17-5-10)13(14,15)16/h2-3,5,9H,4,6-7H2,1H3. The van der Waals surface area contributed by atoms with E-state index >= 15 is 0 Å². The van der Waals surface area contributed by atoms with Crippen LogP contribution in [0.2, 0.25) is 0 Å². The smallest absolute Gasteiger partial charge is 0.311 e. The fourth-order valence-electron chi connectivity index (χ4n) is 2.09. The highest BCUT2D eigenvalue weighted by molar-refractivity contribution is 8.13. The lowest BCUT2D eigenvalue weighted by Crippen LogP contribution is -2.25. The van der Waals surface area contributed by atoms with E-state index < -0.39 is 11.9 Å². The first-order valence-corrected chi connectivity index (χ1v) is 7.23. The minimum Gasteiger partial charge on any atom is -0.311 e. The Morgan fingerprint density at radius 2 is 2.19 bits per heavy atom. The molecular weight excluding hydrogens is 305 g/mol. The van der Waals surface area contributed by atoms with Crippen molar-refractivity contribution >= 4 is 28.5 Å². The van der Waals surface area contributed by atoms with Gasteiger partial charge in [0.2, 0.25) is 5.91 Å². The maximum atomic E-state index is 12.4. The van der Waals surface area contributed by atoms with Crippen molar-refractivity contribution in [2.24, 2.45) is 5.92 Å². The number of amides is 1. The Bertz CT molecular complexity index is 545. The van der Waals surface area contributed by atoms with Crippen LogP contribution in [0.15, 0.2) is 18.3 Å². The van der Waals surface area contributed by atoms with Gasteiger partial charge in [0, 0.05) is 25.6 Å². The predicted octanol–water partition coefficient (Wildman–Crippen LogP) is 2.73. The molecule has 21 heavy (non-hydrogen) atoms. The van der Waals surface area contributed by atoms with Gasteiger partial charge in [-0.3, -0.25) is 9.59 Å². The quantitative estimate of drug-likeness (QED) is 0.860. The molecule has 1 aromatic rings. The highest BCUT2D eigenvalue weighted by Crippen LogP contribution is 2.31. The first-order valence-electron chi connectivity index (χ1n) is 6.24. The van der Waals surface area contributed by atoms with Crippen LogP contribution in [-0.4, -0.2) is 28.3 Å². The SMILES string of the molecule is CC(=O)SCC1CC(=O)N(c2ccc(C(F)(F)F)nc2)C1. The summed E-state index contributed by atoms with van der Waals surface area (Å²) in [4.78, 5) is 27.6. The summed E-state index contributed by atoms with van der Waals surface area (Å²) >= 11 is 1.15. The van der Waals surface area contributed by atoms with Crippen molar-refractivity contribution in [3.63, 3.8) is 0 Å². The third-order valence-corrected chi connectivity index (χ3v) is 4.12. The van der Waals surface area contributed by atoms with Gasteiger partial charge in [0.1, 0.15) is 5.69 Å². The number of carbonyl (C=O) groups is 2. The van der Waals surface area contributed by atoms with Crippen molar-refractivity contribution in [2.45, 2.75) is 19.5 Å². The van der Waals surface area contributed by atoms with E-state index in [9.17, 15) is 22.8 Å². The van der Waals surface area contributed by atoms with E-state index in [4.69, 9.17) is 0 Å². The molecule has 1 atom stereocenters. The maximum absolute atomic E-state index is 12.4. The second-order valence-electron chi connectivity index (χ2n) is 4.78. The molecule has 8 heteroatoms. The number of hydrogen-bond donors (Lipinski definition) is 0. The van der Waals surface area contributed by atoms with Crippen LogP contribution in [0.1, 0.15) is 19.0 Å². The molecule has 0 saturated carbocycles. The zero-order valence-electron chi connectivity index (χ0n) is 11.2. The second kappa shape index (κ2) is 6.05. The fourth-order valence-corrected chi connectivity index (χ4v) is 2.79. The van der Waals surface area contributed by atoms with Crippen LogP contribution in [0.5, 0.6) is 0 Å². The van der Waals surface area contributed by atoms with Gasteiger partial charge in [-0.25, -0.2) is 4.98 Å². The number of anilines is 1. The monoisotopic (exact) mass is 318 g/mol. The minimum absolute atomic E-state index is 0.0166. The van der Waals surface area contributed by atoms with Gasteiger partial charge in [0.05, 0.1) is 11.9 Å². The average Bonchev–Trinajstić information content (AvgIpc) is 2.77. The summed E-state index contributed by atoms with van der Waals surface area (Å²) in [6.07, 6.45) is -3.14. The predicted molar refractivity (Wildman–Crippen MR) is 72.8 cm³/mol. The number of thioether (sulfide) groups is 1. The molecule has 1 amide bonds. The molecule has 0 bridgehead atoms. The lowest BCUT2D eigenvalue weighted by Gasteiger charge is -2.17. The van der Waals surface area contributed by atoms with Gasteiger partial charge in [-0.1, -0.05) is 11.8 Å². The number of carbonyl (C=O) groups excluding carboxylic acids is 2. The van der Waals surface area contributed by atoms with Gasteiger partial charge in [-0.2, -0.15) is 13.2 Å². The Morgan fingerprint density at radius 3 is 2.71 bits per heavy atom. The number of halogens is 3. The molecule has 0 aliphatic carbocycles. The van der Waals surface area contributed by atoms with E-state index in [0.29, 0.717) is 24.4 Å². The van der Waals surface area contributed by atoms with E-state index in [1.54, 1.807) is 0 Å². The molecule has 4 nitrogen and oxygen atoms in total. The van der Waals surface area contributed by atoms with Gasteiger partial charge < -0.3 is 4.90 Å². The van der Waals surface area contributed by atoms with E-state index in [-0.39, 0.29) is 16.9 Å². The number of pyridine rings is 1. The molecule has 1 unspecified atom stereocenters. The van der Waals surface area contributed by atoms with Crippen LogP contribution in [0, 0.1) is 5.92 Å². The molecule has 1 aliphatic heterocycles. The van der Waals surface area contributed by atoms with Crippen LogP contribution >= 0.6 is 11.8 Å². The van der Waals surface area contributed by atoms with Crippen LogP contribution in [0.3, 0.4) is 0 Å². The summed E-state index contributed by atoms with van der Waals surface area (Å²) in [7, 11) is 0. The van der Waals surface area contributed by atoms with Crippen molar-refractivity contribution in [3.8, 4) is 0 Å². The summed E-state index contributed by atoms with van der Waals surface area (Å²) in [5.74, 6) is 0.394. The Morgan fingerprint density at radius 1 is 1.48 bits per heavy atom. The lowest BCUT2D eigenvalue weighted by atomic mass is 10.1. The Labute approximate surface area is 123 Å². The van der Waals surface area contributed by atoms with E-state index in [1.165, 1.54) is 17.9 Å². The molecule has 1 fully saturated rings. The summed E-state index contributed by atoms with van der Waals surface area (Å²) in [5.41, 5.74) is -0.634. The first-order chi connectivity index (χ1) is 9.77. The van der Waals surface area contributed by atoms with Crippen LogP contribution < -0.4 is 4.90 Å². The molecule has 1 aromatic heterocycles. The topological polar surface area (TPSA) is 50.3 Å². The van der Waals surface area contributed by atoms with Gasteiger partial charge in [-0.05, 0) is 18.1 Å². The normalized spacial score (nSPS) is 19.1. The lowest BCUT2D eigenvalue weighted by molar-refractivity contribution is -0.141. The number of nitrogens with zero attached hydrogens (tertiary/aromatic N) is 2. The molecule has 1 saturated heterocycles. The largest absolute Gasteiger partial charge is 0.433 e. The van der Waals surface area contributed by atoms with Crippen LogP contribution in [0.25, 0.3) is 0 Å². The molecule has 114 valence electrons. The van der Waals surface area contributed by atoms with Gasteiger partial charge in [0.25, 0.3) is 0 Å². The first kappa shape index (κ1) is 15.8. The van der Waals surface area contributed by atoms with E-state index in [0.717, 1.165) is 24.0 Å². The third-order valence-electron chi connectivity index (χ3n) is 3.08. The highest BCUT2D eigenvalue weighted by Gasteiger charge is 2.34. The Kier molecular flexibility index (Phi) is 4.55. The number of alkyl halides is 3. The summed E-state index contributed by atoms with van der Waals surface area (Å²) in [5, 5.41) is -0.0166. The zero-order valence-corrected chi connectivity index (χ0v) is 12.0. The number of hydrogen-bond acceptors (Lipinski definition) is 4. The van der Waals surface area contributed by atoms with Gasteiger partial charge in [0.15, 0.2) is 5.12 Å². The minimum atomic E-state index is -4.49. The number of rotatable bonds is 3. The molecule has 0 N–H and O–H groups in total. The van der Waals surface area contributed by atoms with Crippen molar-refractivity contribution in [1.82, 2.24) is 4.98 Å². The summed E-state index contributed by atoms with van der Waals surface area (Å²) in [6.45, 7) is 1.85. The molecular formula is C13H13F3N2O2S. The van der Waals surface area contributed by atoms with Gasteiger partial charge in [-0.15, -0.1) is 0 Å². The number of aromatic nitrogens is 1. The molecule has 1 aliphatic rings. The van der Waals surface area contributed by atoms with Crippen molar-refractivity contribution in [3.05, 3.63) is 24.0 Å². The van der Waals surface area contributed by atoms with E-state index in [1.807, 2.05) is 0 Å². The molecule has 2 rings (SSSR count). The second-order valence-corrected chi connectivity index (χ2v) is 5.97. The van der Waals surface area contributed by atoms with Crippen LogP contribution in [-0.2, 0) is 15.8 Å². The van der Waals surface area contributed by atoms with Gasteiger partial charge >= 0.3 is 6.18 Å². The third kappa shape index (κ3) is 3.96. The molecule has 0 aromatic carbocycles. The highest BCUT2D eigenvalue weighted by atomic mass is 32.2. The van der Waals surface area contributed by atoms with Crippen molar-refractivity contribution < 1.29 is 22.8 Å². The van der Waals surface area contributed by atoms with Crippen molar-refractivity contribution in [2.75, 3.05) is 17.2 Å². The van der Waals surface area contributed by atoms with Crippen molar-refractivity contribution in [1.29, 1.82) is 0 Å². The summed E-state index contributed by atoms with van der Waals surface area (Å²) in [6, 6.07) is 2.11. The Hall–Kier alpha value is -1.57.